The second kappa shape index (κ2) is 4.46. The maximum atomic E-state index is 11.4. The van der Waals surface area contributed by atoms with Gasteiger partial charge in [-0.2, -0.15) is 0 Å². The third kappa shape index (κ3) is 2.59. The zero-order chi connectivity index (χ0) is 9.84. The molecule has 1 fully saturated rings. The summed E-state index contributed by atoms with van der Waals surface area (Å²) in [6.07, 6.45) is 1.55. The Balaban J connectivity index is 2.45. The van der Waals surface area contributed by atoms with E-state index in [1.54, 1.807) is 4.90 Å². The van der Waals surface area contributed by atoms with Gasteiger partial charge < -0.3 is 15.4 Å². The Morgan fingerprint density at radius 1 is 1.69 bits per heavy atom. The molecule has 1 aliphatic rings. The first-order chi connectivity index (χ1) is 6.15. The Kier molecular flexibility index (Phi) is 3.54. The van der Waals surface area contributed by atoms with Crippen molar-refractivity contribution < 1.29 is 9.53 Å². The highest BCUT2D eigenvalue weighted by atomic mass is 16.6. The summed E-state index contributed by atoms with van der Waals surface area (Å²) in [6, 6.07) is 0.448. The Morgan fingerprint density at radius 3 is 2.92 bits per heavy atom. The monoisotopic (exact) mass is 186 g/mol. The quantitative estimate of drug-likeness (QED) is 0.663. The number of rotatable bonds is 1. The van der Waals surface area contributed by atoms with Crippen LogP contribution in [0.25, 0.3) is 0 Å². The summed E-state index contributed by atoms with van der Waals surface area (Å²) >= 11 is 0. The SMILES string of the molecule is CCOC(=O)N1CCC(N)CC1C. The molecule has 76 valence electrons. The molecule has 2 N–H and O–H groups in total. The highest BCUT2D eigenvalue weighted by Gasteiger charge is 2.27. The van der Waals surface area contributed by atoms with E-state index in [1.807, 2.05) is 13.8 Å². The Bertz CT molecular complexity index is 184. The predicted molar refractivity (Wildman–Crippen MR) is 50.4 cm³/mol. The summed E-state index contributed by atoms with van der Waals surface area (Å²) < 4.78 is 4.93. The number of carbonyl (C=O) groups excluding carboxylic acids is 1. The van der Waals surface area contributed by atoms with Crippen molar-refractivity contribution >= 4 is 6.09 Å². The number of amides is 1. The minimum atomic E-state index is -0.207. The van der Waals surface area contributed by atoms with Gasteiger partial charge in [0.15, 0.2) is 0 Å². The minimum absolute atomic E-state index is 0.207. The van der Waals surface area contributed by atoms with E-state index < -0.39 is 0 Å². The van der Waals surface area contributed by atoms with Crippen LogP contribution >= 0.6 is 0 Å². The van der Waals surface area contributed by atoms with Gasteiger partial charge >= 0.3 is 6.09 Å². The molecule has 13 heavy (non-hydrogen) atoms. The summed E-state index contributed by atoms with van der Waals surface area (Å²) in [5.41, 5.74) is 5.78. The van der Waals surface area contributed by atoms with Crippen molar-refractivity contribution in [3.63, 3.8) is 0 Å². The number of carbonyl (C=O) groups is 1. The molecular weight excluding hydrogens is 168 g/mol. The van der Waals surface area contributed by atoms with E-state index in [9.17, 15) is 4.79 Å². The summed E-state index contributed by atoms with van der Waals surface area (Å²) in [7, 11) is 0. The number of piperidine rings is 1. The molecule has 0 bridgehead atoms. The molecule has 1 amide bonds. The normalized spacial score (nSPS) is 28.7. The molecule has 0 aromatic rings. The lowest BCUT2D eigenvalue weighted by Crippen LogP contribution is -2.48. The van der Waals surface area contributed by atoms with Gasteiger partial charge in [0.1, 0.15) is 0 Å². The average Bonchev–Trinajstić information content (AvgIpc) is 2.04. The third-order valence-corrected chi connectivity index (χ3v) is 2.42. The molecule has 0 aromatic carbocycles. The van der Waals surface area contributed by atoms with E-state index in [0.29, 0.717) is 6.61 Å². The second-order valence-corrected chi connectivity index (χ2v) is 3.53. The van der Waals surface area contributed by atoms with Gasteiger partial charge in [0.2, 0.25) is 0 Å². The van der Waals surface area contributed by atoms with Gasteiger partial charge in [-0.05, 0) is 26.7 Å². The van der Waals surface area contributed by atoms with Crippen molar-refractivity contribution in [2.45, 2.75) is 38.8 Å². The summed E-state index contributed by atoms with van der Waals surface area (Å²) in [6.45, 7) is 4.99. The van der Waals surface area contributed by atoms with E-state index in [-0.39, 0.29) is 18.2 Å². The maximum Gasteiger partial charge on any atom is 0.409 e. The van der Waals surface area contributed by atoms with Crippen molar-refractivity contribution in [2.75, 3.05) is 13.2 Å². The lowest BCUT2D eigenvalue weighted by atomic mass is 10.00. The van der Waals surface area contributed by atoms with Crippen LogP contribution in [0, 0.1) is 0 Å². The van der Waals surface area contributed by atoms with Crippen LogP contribution in [0.15, 0.2) is 0 Å². The molecule has 1 saturated heterocycles. The number of ether oxygens (including phenoxy) is 1. The van der Waals surface area contributed by atoms with E-state index >= 15 is 0 Å². The largest absolute Gasteiger partial charge is 0.450 e. The fraction of sp³-hybridized carbons (Fsp3) is 0.889. The van der Waals surface area contributed by atoms with Crippen LogP contribution in [0.4, 0.5) is 4.79 Å². The van der Waals surface area contributed by atoms with Gasteiger partial charge in [-0.25, -0.2) is 4.79 Å². The summed E-state index contributed by atoms with van der Waals surface area (Å²) in [4.78, 5) is 13.1. The van der Waals surface area contributed by atoms with E-state index in [0.717, 1.165) is 19.4 Å². The van der Waals surface area contributed by atoms with Crippen LogP contribution in [-0.2, 0) is 4.74 Å². The van der Waals surface area contributed by atoms with Crippen LogP contribution in [0.3, 0.4) is 0 Å². The lowest BCUT2D eigenvalue weighted by Gasteiger charge is -2.35. The smallest absolute Gasteiger partial charge is 0.409 e. The molecule has 0 aromatic heterocycles. The van der Waals surface area contributed by atoms with Crippen molar-refractivity contribution in [2.24, 2.45) is 5.73 Å². The standard InChI is InChI=1S/C9H18N2O2/c1-3-13-9(12)11-5-4-8(10)6-7(11)2/h7-8H,3-6,10H2,1-2H3. The molecule has 2 unspecified atom stereocenters. The second-order valence-electron chi connectivity index (χ2n) is 3.53. The molecule has 0 radical (unpaired) electrons. The highest BCUT2D eigenvalue weighted by molar-refractivity contribution is 5.68. The predicted octanol–water partition coefficient (Wildman–Crippen LogP) is 0.955. The van der Waals surface area contributed by atoms with Crippen LogP contribution in [0.2, 0.25) is 0 Å². The van der Waals surface area contributed by atoms with Crippen LogP contribution in [0.1, 0.15) is 26.7 Å². The van der Waals surface area contributed by atoms with Gasteiger partial charge in [-0.15, -0.1) is 0 Å². The molecule has 1 heterocycles. The fourth-order valence-corrected chi connectivity index (χ4v) is 1.69. The Labute approximate surface area is 79.0 Å². The van der Waals surface area contributed by atoms with Gasteiger partial charge in [0, 0.05) is 18.6 Å². The highest BCUT2D eigenvalue weighted by Crippen LogP contribution is 2.16. The minimum Gasteiger partial charge on any atom is -0.450 e. The third-order valence-electron chi connectivity index (χ3n) is 2.42. The number of likely N-dealkylation sites (tertiary alicyclic amines) is 1. The zero-order valence-electron chi connectivity index (χ0n) is 8.32. The fourth-order valence-electron chi connectivity index (χ4n) is 1.69. The molecule has 4 nitrogen and oxygen atoms in total. The molecule has 2 atom stereocenters. The number of nitrogens with two attached hydrogens (primary N) is 1. The van der Waals surface area contributed by atoms with Crippen molar-refractivity contribution in [1.82, 2.24) is 4.90 Å². The Morgan fingerprint density at radius 2 is 2.38 bits per heavy atom. The first kappa shape index (κ1) is 10.3. The molecule has 1 rings (SSSR count). The molecule has 0 spiro atoms. The molecule has 1 aliphatic heterocycles. The van der Waals surface area contributed by atoms with Gasteiger partial charge in [-0.3, -0.25) is 0 Å². The number of nitrogens with zero attached hydrogens (tertiary/aromatic N) is 1. The van der Waals surface area contributed by atoms with Crippen molar-refractivity contribution in [3.8, 4) is 0 Å². The van der Waals surface area contributed by atoms with Crippen LogP contribution < -0.4 is 5.73 Å². The van der Waals surface area contributed by atoms with E-state index in [4.69, 9.17) is 10.5 Å². The number of hydrogen-bond donors (Lipinski definition) is 1. The first-order valence-corrected chi connectivity index (χ1v) is 4.84. The first-order valence-electron chi connectivity index (χ1n) is 4.84. The van der Waals surface area contributed by atoms with E-state index in [1.165, 1.54) is 0 Å². The topological polar surface area (TPSA) is 55.6 Å². The van der Waals surface area contributed by atoms with Crippen molar-refractivity contribution in [1.29, 1.82) is 0 Å². The van der Waals surface area contributed by atoms with Gasteiger partial charge in [-0.1, -0.05) is 0 Å². The van der Waals surface area contributed by atoms with Crippen LogP contribution in [-0.4, -0.2) is 36.2 Å². The van der Waals surface area contributed by atoms with E-state index in [2.05, 4.69) is 0 Å². The summed E-state index contributed by atoms with van der Waals surface area (Å²) in [5, 5.41) is 0. The number of hydrogen-bond acceptors (Lipinski definition) is 3. The Hall–Kier alpha value is -0.770. The molecule has 4 heteroatoms. The van der Waals surface area contributed by atoms with Gasteiger partial charge in [0.25, 0.3) is 0 Å². The maximum absolute atomic E-state index is 11.4. The molecule has 0 aliphatic carbocycles. The van der Waals surface area contributed by atoms with Gasteiger partial charge in [0.05, 0.1) is 6.61 Å². The van der Waals surface area contributed by atoms with Crippen LogP contribution in [0.5, 0.6) is 0 Å². The molecular formula is C9H18N2O2. The molecule has 0 saturated carbocycles. The lowest BCUT2D eigenvalue weighted by molar-refractivity contribution is 0.0777. The van der Waals surface area contributed by atoms with Crippen molar-refractivity contribution in [3.05, 3.63) is 0 Å². The summed E-state index contributed by atoms with van der Waals surface area (Å²) in [5.74, 6) is 0. The zero-order valence-corrected chi connectivity index (χ0v) is 8.32. The average molecular weight is 186 g/mol.